The summed E-state index contributed by atoms with van der Waals surface area (Å²) in [6.45, 7) is 3.21. The minimum absolute atomic E-state index is 0.169. The van der Waals surface area contributed by atoms with Gasteiger partial charge in [0, 0.05) is 51.4 Å². The average Bonchev–Trinajstić information content (AvgIpc) is 2.77. The molecule has 3 amide bonds. The highest BCUT2D eigenvalue weighted by Gasteiger charge is 2.31. The second-order valence-corrected chi connectivity index (χ2v) is 7.34. The fourth-order valence-corrected chi connectivity index (χ4v) is 3.38. The van der Waals surface area contributed by atoms with Gasteiger partial charge in [-0.1, -0.05) is 36.4 Å². The van der Waals surface area contributed by atoms with Gasteiger partial charge >= 0.3 is 12.2 Å². The predicted molar refractivity (Wildman–Crippen MR) is 112 cm³/mol. The summed E-state index contributed by atoms with van der Waals surface area (Å²) in [7, 11) is 0. The van der Waals surface area contributed by atoms with Gasteiger partial charge in [-0.25, -0.2) is 4.79 Å². The van der Waals surface area contributed by atoms with E-state index in [4.69, 9.17) is 0 Å². The van der Waals surface area contributed by atoms with Crippen LogP contribution in [-0.4, -0.2) is 49.6 Å². The number of carbonyl (C=O) groups excluding carboxylic acids is 2. The number of anilines is 1. The molecule has 2 N–H and O–H groups in total. The van der Waals surface area contributed by atoms with E-state index in [2.05, 4.69) is 15.5 Å². The van der Waals surface area contributed by atoms with E-state index in [1.807, 2.05) is 35.2 Å². The molecule has 0 spiro atoms. The van der Waals surface area contributed by atoms with E-state index < -0.39 is 17.8 Å². The first kappa shape index (κ1) is 22.6. The first-order valence-electron chi connectivity index (χ1n) is 10.1. The molecule has 2 aromatic carbocycles. The molecule has 0 unspecified atom stereocenters. The highest BCUT2D eigenvalue weighted by molar-refractivity contribution is 5.94. The van der Waals surface area contributed by atoms with Crippen molar-refractivity contribution in [3.05, 3.63) is 65.7 Å². The van der Waals surface area contributed by atoms with Crippen LogP contribution in [0.4, 0.5) is 23.7 Å². The summed E-state index contributed by atoms with van der Waals surface area (Å²) in [4.78, 5) is 27.8. The standard InChI is InChI=1S/C22H25F3N4O2/c23-22(24,25)18-7-4-8-19(15-18)29-13-11-28(12-14-29)10-9-20(30)27-21(31)26-16-17-5-2-1-3-6-17/h1-8,15H,9-14,16H2,(H2,26,27,30,31). The van der Waals surface area contributed by atoms with Crippen LogP contribution >= 0.6 is 0 Å². The second kappa shape index (κ2) is 10.3. The summed E-state index contributed by atoms with van der Waals surface area (Å²) in [5, 5.41) is 4.95. The number of rotatable bonds is 6. The molecule has 31 heavy (non-hydrogen) atoms. The third-order valence-corrected chi connectivity index (χ3v) is 5.11. The number of benzene rings is 2. The molecule has 1 fully saturated rings. The zero-order valence-electron chi connectivity index (χ0n) is 17.0. The van der Waals surface area contributed by atoms with Crippen molar-refractivity contribution in [3.63, 3.8) is 0 Å². The monoisotopic (exact) mass is 434 g/mol. The lowest BCUT2D eigenvalue weighted by Crippen LogP contribution is -2.47. The lowest BCUT2D eigenvalue weighted by atomic mass is 10.1. The number of nitrogens with zero attached hydrogens (tertiary/aromatic N) is 2. The lowest BCUT2D eigenvalue weighted by molar-refractivity contribution is -0.137. The Morgan fingerprint density at radius 1 is 0.935 bits per heavy atom. The Hall–Kier alpha value is -3.07. The van der Waals surface area contributed by atoms with Gasteiger partial charge in [-0.2, -0.15) is 13.2 Å². The average molecular weight is 434 g/mol. The van der Waals surface area contributed by atoms with E-state index in [0.717, 1.165) is 17.7 Å². The van der Waals surface area contributed by atoms with Crippen LogP contribution in [0.5, 0.6) is 0 Å². The maximum atomic E-state index is 12.9. The number of nitrogens with one attached hydrogen (secondary N) is 2. The van der Waals surface area contributed by atoms with Crippen LogP contribution in [0.3, 0.4) is 0 Å². The number of alkyl halides is 3. The molecule has 2 aromatic rings. The Kier molecular flexibility index (Phi) is 7.51. The predicted octanol–water partition coefficient (Wildman–Crippen LogP) is 3.24. The Bertz CT molecular complexity index is 882. The topological polar surface area (TPSA) is 64.7 Å². The van der Waals surface area contributed by atoms with Crippen LogP contribution in [0, 0.1) is 0 Å². The minimum Gasteiger partial charge on any atom is -0.369 e. The van der Waals surface area contributed by atoms with Crippen molar-refractivity contribution in [1.82, 2.24) is 15.5 Å². The third kappa shape index (κ3) is 6.99. The maximum absolute atomic E-state index is 12.9. The molecule has 0 radical (unpaired) electrons. The number of amides is 3. The zero-order valence-corrected chi connectivity index (χ0v) is 17.0. The molecule has 1 saturated heterocycles. The van der Waals surface area contributed by atoms with Crippen LogP contribution in [0.15, 0.2) is 54.6 Å². The molecular weight excluding hydrogens is 409 g/mol. The SMILES string of the molecule is O=C(CCN1CCN(c2cccc(C(F)(F)F)c2)CC1)NC(=O)NCc1ccccc1. The number of imide groups is 1. The van der Waals surface area contributed by atoms with Crippen LogP contribution in [0.25, 0.3) is 0 Å². The van der Waals surface area contributed by atoms with Gasteiger partial charge in [-0.15, -0.1) is 0 Å². The van der Waals surface area contributed by atoms with Crippen molar-refractivity contribution >= 4 is 17.6 Å². The first-order valence-corrected chi connectivity index (χ1v) is 10.1. The normalized spacial score (nSPS) is 14.9. The number of hydrogen-bond donors (Lipinski definition) is 2. The van der Waals surface area contributed by atoms with Crippen molar-refractivity contribution in [1.29, 1.82) is 0 Å². The minimum atomic E-state index is -4.36. The van der Waals surface area contributed by atoms with Crippen molar-refractivity contribution < 1.29 is 22.8 Å². The molecular formula is C22H25F3N4O2. The van der Waals surface area contributed by atoms with E-state index >= 15 is 0 Å². The highest BCUT2D eigenvalue weighted by Crippen LogP contribution is 2.31. The van der Waals surface area contributed by atoms with Gasteiger partial charge in [0.25, 0.3) is 0 Å². The Labute approximate surface area is 179 Å². The van der Waals surface area contributed by atoms with Gasteiger partial charge in [0.05, 0.1) is 5.56 Å². The first-order chi connectivity index (χ1) is 14.8. The molecule has 0 saturated carbocycles. The molecule has 1 aliphatic heterocycles. The largest absolute Gasteiger partial charge is 0.416 e. The van der Waals surface area contributed by atoms with Crippen LogP contribution < -0.4 is 15.5 Å². The number of carbonyl (C=O) groups is 2. The Morgan fingerprint density at radius 2 is 1.65 bits per heavy atom. The van der Waals surface area contributed by atoms with Gasteiger partial charge in [0.1, 0.15) is 0 Å². The van der Waals surface area contributed by atoms with Crippen molar-refractivity contribution in [2.24, 2.45) is 0 Å². The molecule has 0 bridgehead atoms. The molecule has 1 heterocycles. The molecule has 1 aliphatic rings. The summed E-state index contributed by atoms with van der Waals surface area (Å²) >= 11 is 0. The van der Waals surface area contributed by atoms with Crippen LogP contribution in [0.1, 0.15) is 17.5 Å². The molecule has 9 heteroatoms. The number of halogens is 3. The molecule has 0 aromatic heterocycles. The molecule has 0 atom stereocenters. The van der Waals surface area contributed by atoms with Crippen LogP contribution in [0.2, 0.25) is 0 Å². The molecule has 6 nitrogen and oxygen atoms in total. The third-order valence-electron chi connectivity index (χ3n) is 5.11. The van der Waals surface area contributed by atoms with E-state index in [0.29, 0.717) is 45.0 Å². The van der Waals surface area contributed by atoms with Crippen LogP contribution in [-0.2, 0) is 17.5 Å². The van der Waals surface area contributed by atoms with E-state index in [1.165, 1.54) is 6.07 Å². The quantitative estimate of drug-likeness (QED) is 0.733. The smallest absolute Gasteiger partial charge is 0.369 e. The van der Waals surface area contributed by atoms with E-state index in [9.17, 15) is 22.8 Å². The zero-order chi connectivity index (χ0) is 22.3. The lowest BCUT2D eigenvalue weighted by Gasteiger charge is -2.36. The maximum Gasteiger partial charge on any atom is 0.416 e. The van der Waals surface area contributed by atoms with Gasteiger partial charge in [0.2, 0.25) is 5.91 Å². The summed E-state index contributed by atoms with van der Waals surface area (Å²) in [5.41, 5.74) is 0.820. The Balaban J connectivity index is 1.37. The summed E-state index contributed by atoms with van der Waals surface area (Å²) in [5.74, 6) is -0.370. The van der Waals surface area contributed by atoms with Gasteiger partial charge in [-0.05, 0) is 23.8 Å². The summed E-state index contributed by atoms with van der Waals surface area (Å²) in [6.07, 6.45) is -4.19. The summed E-state index contributed by atoms with van der Waals surface area (Å²) in [6, 6.07) is 14.1. The van der Waals surface area contributed by atoms with Gasteiger partial charge in [-0.3, -0.25) is 15.0 Å². The number of urea groups is 1. The van der Waals surface area contributed by atoms with E-state index in [-0.39, 0.29) is 12.3 Å². The fraction of sp³-hybridized carbons (Fsp3) is 0.364. The number of hydrogen-bond acceptors (Lipinski definition) is 4. The van der Waals surface area contributed by atoms with Gasteiger partial charge < -0.3 is 10.2 Å². The van der Waals surface area contributed by atoms with Crippen molar-refractivity contribution in [2.45, 2.75) is 19.1 Å². The second-order valence-electron chi connectivity index (χ2n) is 7.34. The van der Waals surface area contributed by atoms with E-state index in [1.54, 1.807) is 6.07 Å². The summed E-state index contributed by atoms with van der Waals surface area (Å²) < 4.78 is 38.7. The highest BCUT2D eigenvalue weighted by atomic mass is 19.4. The molecule has 3 rings (SSSR count). The fourth-order valence-electron chi connectivity index (χ4n) is 3.38. The molecule has 166 valence electrons. The Morgan fingerprint density at radius 3 is 2.32 bits per heavy atom. The van der Waals surface area contributed by atoms with Crippen molar-refractivity contribution in [2.75, 3.05) is 37.6 Å². The molecule has 0 aliphatic carbocycles. The van der Waals surface area contributed by atoms with Crippen molar-refractivity contribution in [3.8, 4) is 0 Å². The number of piperazine rings is 1. The van der Waals surface area contributed by atoms with Gasteiger partial charge in [0.15, 0.2) is 0 Å².